The first-order valence-electron chi connectivity index (χ1n) is 7.94. The number of amides is 2. The van der Waals surface area contributed by atoms with Crippen LogP contribution in [0.5, 0.6) is 0 Å². The van der Waals surface area contributed by atoms with Crippen molar-refractivity contribution in [2.24, 2.45) is 11.1 Å². The Bertz CT molecular complexity index is 550. The van der Waals surface area contributed by atoms with Crippen molar-refractivity contribution in [2.45, 2.75) is 33.1 Å². The van der Waals surface area contributed by atoms with Crippen LogP contribution >= 0.6 is 12.4 Å². The lowest BCUT2D eigenvalue weighted by Crippen LogP contribution is -2.47. The van der Waals surface area contributed by atoms with E-state index in [1.165, 1.54) is 0 Å². The molecule has 1 aliphatic rings. The highest BCUT2D eigenvalue weighted by Crippen LogP contribution is 2.28. The van der Waals surface area contributed by atoms with Gasteiger partial charge in [0.1, 0.15) is 0 Å². The summed E-state index contributed by atoms with van der Waals surface area (Å²) in [7, 11) is 0. The third-order valence-electron chi connectivity index (χ3n) is 4.77. The minimum atomic E-state index is -0.493. The molecular weight excluding hydrogens is 314 g/mol. The lowest BCUT2D eigenvalue weighted by atomic mass is 9.81. The van der Waals surface area contributed by atoms with Gasteiger partial charge < -0.3 is 16.0 Å². The largest absolute Gasteiger partial charge is 0.354 e. The number of benzene rings is 1. The molecule has 1 heterocycles. The summed E-state index contributed by atoms with van der Waals surface area (Å²) in [6.07, 6.45) is 1.88. The normalized spacial score (nSPS) is 13.5. The molecular formula is C17H26ClN3O2. The molecule has 1 aromatic carbocycles. The van der Waals surface area contributed by atoms with Crippen LogP contribution in [0, 0.1) is 5.41 Å². The van der Waals surface area contributed by atoms with Crippen molar-refractivity contribution in [1.29, 1.82) is 0 Å². The van der Waals surface area contributed by atoms with Crippen LogP contribution in [0.3, 0.4) is 0 Å². The smallest absolute Gasteiger partial charge is 0.231 e. The minimum absolute atomic E-state index is 0. The average molecular weight is 340 g/mol. The van der Waals surface area contributed by atoms with E-state index in [9.17, 15) is 9.59 Å². The maximum Gasteiger partial charge on any atom is 0.231 e. The van der Waals surface area contributed by atoms with Gasteiger partial charge in [-0.05, 0) is 24.5 Å². The topological polar surface area (TPSA) is 75.4 Å². The number of nitrogens with zero attached hydrogens (tertiary/aromatic N) is 1. The van der Waals surface area contributed by atoms with E-state index in [1.54, 1.807) is 4.90 Å². The van der Waals surface area contributed by atoms with Crippen LogP contribution in [0.25, 0.3) is 0 Å². The number of hydrogen-bond acceptors (Lipinski definition) is 3. The van der Waals surface area contributed by atoms with Crippen molar-refractivity contribution in [3.8, 4) is 0 Å². The van der Waals surface area contributed by atoms with Crippen molar-refractivity contribution in [1.82, 2.24) is 5.32 Å². The Kier molecular flexibility index (Phi) is 7.03. The van der Waals surface area contributed by atoms with Gasteiger partial charge in [-0.15, -0.1) is 12.4 Å². The maximum atomic E-state index is 12.4. The number of nitrogens with two attached hydrogens (primary N) is 1. The number of para-hydroxylation sites is 1. The molecule has 1 aromatic rings. The minimum Gasteiger partial charge on any atom is -0.354 e. The highest BCUT2D eigenvalue weighted by Gasteiger charge is 2.33. The number of carbonyl (C=O) groups excluding carboxylic acids is 2. The molecule has 3 N–H and O–H groups in total. The molecule has 0 spiro atoms. The fourth-order valence-corrected chi connectivity index (χ4v) is 2.98. The van der Waals surface area contributed by atoms with Crippen LogP contribution in [0.2, 0.25) is 0 Å². The fourth-order valence-electron chi connectivity index (χ4n) is 2.98. The molecule has 0 aliphatic carbocycles. The molecule has 0 bridgehead atoms. The Morgan fingerprint density at radius 1 is 1.30 bits per heavy atom. The molecule has 0 radical (unpaired) electrons. The predicted octanol–water partition coefficient (Wildman–Crippen LogP) is 1.88. The molecule has 2 amide bonds. The van der Waals surface area contributed by atoms with Gasteiger partial charge in [0.2, 0.25) is 11.8 Å². The predicted molar refractivity (Wildman–Crippen MR) is 94.8 cm³/mol. The first-order chi connectivity index (χ1) is 10.6. The molecule has 0 unspecified atom stereocenters. The summed E-state index contributed by atoms with van der Waals surface area (Å²) in [6.45, 7) is 5.25. The van der Waals surface area contributed by atoms with E-state index in [0.717, 1.165) is 24.1 Å². The van der Waals surface area contributed by atoms with Crippen molar-refractivity contribution < 1.29 is 9.59 Å². The summed E-state index contributed by atoms with van der Waals surface area (Å²) < 4.78 is 0. The molecule has 0 saturated heterocycles. The van der Waals surface area contributed by atoms with Gasteiger partial charge in [0.15, 0.2) is 0 Å². The third-order valence-corrected chi connectivity index (χ3v) is 4.77. The van der Waals surface area contributed by atoms with E-state index in [-0.39, 0.29) is 24.2 Å². The van der Waals surface area contributed by atoms with Crippen LogP contribution in [-0.4, -0.2) is 31.4 Å². The van der Waals surface area contributed by atoms with E-state index in [1.807, 2.05) is 38.1 Å². The zero-order valence-corrected chi connectivity index (χ0v) is 14.6. The number of anilines is 1. The lowest BCUT2D eigenvalue weighted by molar-refractivity contribution is -0.131. The van der Waals surface area contributed by atoms with Crippen molar-refractivity contribution >= 4 is 29.9 Å². The van der Waals surface area contributed by atoms with Gasteiger partial charge in [0.25, 0.3) is 0 Å². The average Bonchev–Trinajstić information content (AvgIpc) is 2.85. The van der Waals surface area contributed by atoms with E-state index < -0.39 is 5.41 Å². The number of rotatable bonds is 7. The molecule has 5 nitrogen and oxygen atoms in total. The fraction of sp³-hybridized carbons (Fsp3) is 0.529. The summed E-state index contributed by atoms with van der Waals surface area (Å²) >= 11 is 0. The van der Waals surface area contributed by atoms with Gasteiger partial charge in [-0.25, -0.2) is 0 Å². The molecule has 0 fully saturated rings. The van der Waals surface area contributed by atoms with E-state index in [4.69, 9.17) is 5.73 Å². The van der Waals surface area contributed by atoms with Crippen molar-refractivity contribution in [3.63, 3.8) is 0 Å². The van der Waals surface area contributed by atoms with E-state index >= 15 is 0 Å². The standard InChI is InChI=1S/C17H25N3O2.ClH/c1-3-17(4-2,12-18)16(22)19-9-10-20-14-8-6-5-7-13(14)11-15(20)21;/h5-8H,3-4,9-12,18H2,1-2H3,(H,19,22);1H. The summed E-state index contributed by atoms with van der Waals surface area (Å²) in [5.74, 6) is 0.0754. The zero-order chi connectivity index (χ0) is 16.2. The van der Waals surface area contributed by atoms with Gasteiger partial charge in [-0.3, -0.25) is 9.59 Å². The molecule has 0 atom stereocenters. The summed E-state index contributed by atoms with van der Waals surface area (Å²) in [6, 6.07) is 7.79. The second kappa shape index (κ2) is 8.31. The number of halogens is 1. The Hall–Kier alpha value is -1.59. The molecule has 2 rings (SSSR count). The Morgan fingerprint density at radius 2 is 1.96 bits per heavy atom. The van der Waals surface area contributed by atoms with E-state index in [0.29, 0.717) is 26.1 Å². The van der Waals surface area contributed by atoms with Crippen LogP contribution in [-0.2, 0) is 16.0 Å². The monoisotopic (exact) mass is 339 g/mol. The van der Waals surface area contributed by atoms with Crippen LogP contribution in [0.15, 0.2) is 24.3 Å². The number of carbonyl (C=O) groups is 2. The van der Waals surface area contributed by atoms with Gasteiger partial charge in [0, 0.05) is 25.3 Å². The van der Waals surface area contributed by atoms with Gasteiger partial charge in [-0.1, -0.05) is 32.0 Å². The number of fused-ring (bicyclic) bond motifs is 1. The molecule has 0 aromatic heterocycles. The second-order valence-corrected chi connectivity index (χ2v) is 5.80. The summed E-state index contributed by atoms with van der Waals surface area (Å²) in [4.78, 5) is 26.2. The quantitative estimate of drug-likeness (QED) is 0.796. The Labute approximate surface area is 144 Å². The second-order valence-electron chi connectivity index (χ2n) is 5.80. The molecule has 0 saturated carbocycles. The highest BCUT2D eigenvalue weighted by molar-refractivity contribution is 6.01. The highest BCUT2D eigenvalue weighted by atomic mass is 35.5. The first-order valence-corrected chi connectivity index (χ1v) is 7.94. The Balaban J connectivity index is 0.00000264. The van der Waals surface area contributed by atoms with Gasteiger partial charge in [-0.2, -0.15) is 0 Å². The zero-order valence-electron chi connectivity index (χ0n) is 13.8. The van der Waals surface area contributed by atoms with Crippen molar-refractivity contribution in [2.75, 3.05) is 24.5 Å². The third kappa shape index (κ3) is 3.85. The van der Waals surface area contributed by atoms with Crippen LogP contribution in [0.1, 0.15) is 32.3 Å². The SMILES string of the molecule is CCC(CC)(CN)C(=O)NCCN1C(=O)Cc2ccccc21.Cl. The maximum absolute atomic E-state index is 12.4. The molecule has 1 aliphatic heterocycles. The van der Waals surface area contributed by atoms with Crippen LogP contribution < -0.4 is 16.0 Å². The molecule has 23 heavy (non-hydrogen) atoms. The van der Waals surface area contributed by atoms with Crippen molar-refractivity contribution in [3.05, 3.63) is 29.8 Å². The molecule has 128 valence electrons. The van der Waals surface area contributed by atoms with Gasteiger partial charge in [0.05, 0.1) is 11.8 Å². The summed E-state index contributed by atoms with van der Waals surface area (Å²) in [5.41, 5.74) is 7.30. The number of nitrogens with one attached hydrogen (secondary N) is 1. The number of hydrogen-bond donors (Lipinski definition) is 2. The Morgan fingerprint density at radius 3 is 2.57 bits per heavy atom. The van der Waals surface area contributed by atoms with Crippen LogP contribution in [0.4, 0.5) is 5.69 Å². The first kappa shape index (κ1) is 19.5. The summed E-state index contributed by atoms with van der Waals surface area (Å²) in [5, 5.41) is 2.94. The van der Waals surface area contributed by atoms with Gasteiger partial charge >= 0.3 is 0 Å². The lowest BCUT2D eigenvalue weighted by Gasteiger charge is -2.29. The molecule has 6 heteroatoms. The van der Waals surface area contributed by atoms with E-state index in [2.05, 4.69) is 5.32 Å².